The van der Waals surface area contributed by atoms with E-state index in [1.165, 1.54) is 5.56 Å². The van der Waals surface area contributed by atoms with E-state index in [4.69, 9.17) is 10.5 Å². The molecular weight excluding hydrogens is 352 g/mol. The summed E-state index contributed by atoms with van der Waals surface area (Å²) in [6, 6.07) is 15.7. The smallest absolute Gasteiger partial charge is 0.211 e. The minimum absolute atomic E-state index is 0.0652. The number of aromatic hydroxyl groups is 1. The lowest BCUT2D eigenvalue weighted by atomic mass is 10.00. The molecule has 0 saturated carbocycles. The number of nitrogens with two attached hydrogens (primary N) is 1. The Labute approximate surface area is 167 Å². The third-order valence-electron chi connectivity index (χ3n) is 4.76. The van der Waals surface area contributed by atoms with Crippen LogP contribution in [-0.4, -0.2) is 30.8 Å². The summed E-state index contributed by atoms with van der Waals surface area (Å²) in [6.07, 6.45) is 7.73. The zero-order valence-electron chi connectivity index (χ0n) is 16.5. The first kappa shape index (κ1) is 21.9. The van der Waals surface area contributed by atoms with Crippen molar-refractivity contribution in [2.24, 2.45) is 5.73 Å². The van der Waals surface area contributed by atoms with Gasteiger partial charge in [-0.05, 0) is 48.9 Å². The number of phenols is 1. The Morgan fingerprint density at radius 1 is 1.00 bits per heavy atom. The molecule has 2 aromatic carbocycles. The van der Waals surface area contributed by atoms with E-state index in [2.05, 4.69) is 29.6 Å². The number of hydrogen-bond acceptors (Lipinski definition) is 4. The number of phenolic OH excluding ortho intramolecular Hbond substituents is 1. The topological polar surface area (TPSA) is 84.6 Å². The highest BCUT2D eigenvalue weighted by atomic mass is 16.5. The van der Waals surface area contributed by atoms with Crippen molar-refractivity contribution in [2.45, 2.75) is 51.0 Å². The monoisotopic (exact) mass is 384 g/mol. The summed E-state index contributed by atoms with van der Waals surface area (Å²) < 4.78 is 5.71. The van der Waals surface area contributed by atoms with E-state index in [-0.39, 0.29) is 11.8 Å². The third kappa shape index (κ3) is 8.55. The molecule has 5 nitrogen and oxygen atoms in total. The van der Waals surface area contributed by atoms with Crippen molar-refractivity contribution in [3.8, 4) is 5.75 Å². The Kier molecular flexibility index (Phi) is 10.1. The fourth-order valence-electron chi connectivity index (χ4n) is 3.20. The summed E-state index contributed by atoms with van der Waals surface area (Å²) in [5.41, 5.74) is 8.98. The van der Waals surface area contributed by atoms with Gasteiger partial charge in [0.05, 0.1) is 12.3 Å². The summed E-state index contributed by atoms with van der Waals surface area (Å²) >= 11 is 0. The second-order valence-corrected chi connectivity index (χ2v) is 7.13. The maximum Gasteiger partial charge on any atom is 0.211 e. The van der Waals surface area contributed by atoms with Crippen molar-refractivity contribution < 1.29 is 14.6 Å². The number of carbonyl (C=O) groups excluding carboxylic acids is 1. The van der Waals surface area contributed by atoms with Crippen LogP contribution < -0.4 is 11.1 Å². The molecule has 28 heavy (non-hydrogen) atoms. The normalized spacial score (nSPS) is 11.9. The van der Waals surface area contributed by atoms with Crippen molar-refractivity contribution >= 4 is 12.1 Å². The molecule has 0 aromatic heterocycles. The molecule has 0 saturated heterocycles. The predicted molar refractivity (Wildman–Crippen MR) is 114 cm³/mol. The number of carbonyl (C=O) groups is 1. The van der Waals surface area contributed by atoms with Crippen LogP contribution in [0.15, 0.2) is 48.5 Å². The first-order valence-electron chi connectivity index (χ1n) is 10.1. The molecule has 5 heteroatoms. The average molecular weight is 385 g/mol. The average Bonchev–Trinajstić information content (AvgIpc) is 2.70. The van der Waals surface area contributed by atoms with Crippen molar-refractivity contribution in [3.05, 3.63) is 59.7 Å². The number of unbranched alkanes of at least 4 members (excludes halogenated alkanes) is 3. The molecule has 1 amide bonds. The summed E-state index contributed by atoms with van der Waals surface area (Å²) in [7, 11) is 0. The van der Waals surface area contributed by atoms with Crippen LogP contribution in [0.5, 0.6) is 5.75 Å². The Hall–Kier alpha value is -2.37. The van der Waals surface area contributed by atoms with Gasteiger partial charge in [0, 0.05) is 12.6 Å². The third-order valence-corrected chi connectivity index (χ3v) is 4.76. The van der Waals surface area contributed by atoms with Gasteiger partial charge in [0.1, 0.15) is 5.75 Å². The summed E-state index contributed by atoms with van der Waals surface area (Å²) in [4.78, 5) is 10.6. The second kappa shape index (κ2) is 12.9. The number of hydrogen-bond donors (Lipinski definition) is 3. The Morgan fingerprint density at radius 3 is 2.57 bits per heavy atom. The highest BCUT2D eigenvalue weighted by molar-refractivity contribution is 5.75. The van der Waals surface area contributed by atoms with Gasteiger partial charge in [0.2, 0.25) is 6.41 Å². The Morgan fingerprint density at radius 2 is 1.79 bits per heavy atom. The van der Waals surface area contributed by atoms with Gasteiger partial charge >= 0.3 is 0 Å². The van der Waals surface area contributed by atoms with E-state index >= 15 is 0 Å². The molecule has 0 aliphatic rings. The molecular formula is C23H32N2O3. The number of anilines is 1. The largest absolute Gasteiger partial charge is 0.506 e. The van der Waals surface area contributed by atoms with Crippen molar-refractivity contribution in [1.29, 1.82) is 0 Å². The molecule has 0 heterocycles. The van der Waals surface area contributed by atoms with Gasteiger partial charge in [0.15, 0.2) is 0 Å². The lowest BCUT2D eigenvalue weighted by Gasteiger charge is -2.13. The van der Waals surface area contributed by atoms with Crippen molar-refractivity contribution in [2.75, 3.05) is 18.5 Å². The van der Waals surface area contributed by atoms with Gasteiger partial charge in [0.25, 0.3) is 0 Å². The Bertz CT molecular complexity index is 692. The number of rotatable bonds is 14. The highest BCUT2D eigenvalue weighted by Crippen LogP contribution is 2.24. The minimum Gasteiger partial charge on any atom is -0.506 e. The van der Waals surface area contributed by atoms with E-state index in [9.17, 15) is 9.90 Å². The molecule has 2 rings (SSSR count). The molecule has 0 bridgehead atoms. The van der Waals surface area contributed by atoms with E-state index < -0.39 is 0 Å². The van der Waals surface area contributed by atoms with Crippen molar-refractivity contribution in [3.63, 3.8) is 0 Å². The second-order valence-electron chi connectivity index (χ2n) is 7.13. The zero-order chi connectivity index (χ0) is 20.0. The van der Waals surface area contributed by atoms with E-state index in [1.807, 2.05) is 12.1 Å². The molecule has 2 aromatic rings. The number of amides is 1. The fraction of sp³-hybridized carbons (Fsp3) is 0.435. The first-order chi connectivity index (χ1) is 13.7. The molecule has 0 fully saturated rings. The maximum atomic E-state index is 10.6. The molecule has 1 atom stereocenters. The lowest BCUT2D eigenvalue weighted by molar-refractivity contribution is -0.105. The van der Waals surface area contributed by atoms with E-state index in [1.54, 1.807) is 12.1 Å². The number of nitrogens with one attached hydrogen (secondary N) is 1. The molecule has 1 unspecified atom stereocenters. The molecule has 0 aliphatic carbocycles. The standard InChI is InChI=1S/C23H32N2O3/c24-21(16-20-11-12-23(27)22(17-20)25-18-26)10-6-1-2-7-14-28-15-13-19-8-4-3-5-9-19/h3-5,8-9,11-12,17-18,21,27H,1-2,6-7,10,13-16,24H2,(H,25,26). The molecule has 0 radical (unpaired) electrons. The van der Waals surface area contributed by atoms with Gasteiger partial charge in [-0.15, -0.1) is 0 Å². The summed E-state index contributed by atoms with van der Waals surface area (Å²) in [5, 5.41) is 12.2. The predicted octanol–water partition coefficient (Wildman–Crippen LogP) is 4.04. The van der Waals surface area contributed by atoms with Crippen LogP contribution in [0.3, 0.4) is 0 Å². The van der Waals surface area contributed by atoms with Gasteiger partial charge in [-0.25, -0.2) is 0 Å². The van der Waals surface area contributed by atoms with Crippen molar-refractivity contribution in [1.82, 2.24) is 0 Å². The number of benzene rings is 2. The minimum atomic E-state index is 0.0652. The molecule has 4 N–H and O–H groups in total. The Balaban J connectivity index is 1.50. The highest BCUT2D eigenvalue weighted by Gasteiger charge is 2.07. The summed E-state index contributed by atoms with van der Waals surface area (Å²) in [6.45, 7) is 1.60. The maximum absolute atomic E-state index is 10.6. The molecule has 152 valence electrons. The van der Waals surface area contributed by atoms with Crippen LogP contribution >= 0.6 is 0 Å². The van der Waals surface area contributed by atoms with E-state index in [0.29, 0.717) is 12.1 Å². The zero-order valence-corrected chi connectivity index (χ0v) is 16.5. The fourth-order valence-corrected chi connectivity index (χ4v) is 3.20. The quantitative estimate of drug-likeness (QED) is 0.261. The van der Waals surface area contributed by atoms with Gasteiger partial charge in [-0.3, -0.25) is 4.79 Å². The lowest BCUT2D eigenvalue weighted by Crippen LogP contribution is -2.22. The van der Waals surface area contributed by atoms with Crippen LogP contribution in [-0.2, 0) is 22.4 Å². The van der Waals surface area contributed by atoms with Crippen LogP contribution in [0, 0.1) is 0 Å². The van der Waals surface area contributed by atoms with Crippen LogP contribution in [0.2, 0.25) is 0 Å². The van der Waals surface area contributed by atoms with Crippen LogP contribution in [0.4, 0.5) is 5.69 Å². The van der Waals surface area contributed by atoms with Gasteiger partial charge in [-0.2, -0.15) is 0 Å². The number of ether oxygens (including phenoxy) is 1. The van der Waals surface area contributed by atoms with Crippen LogP contribution in [0.1, 0.15) is 43.2 Å². The molecule has 0 aliphatic heterocycles. The first-order valence-corrected chi connectivity index (χ1v) is 10.1. The van der Waals surface area contributed by atoms with Gasteiger partial charge in [-0.1, -0.05) is 55.7 Å². The SMILES string of the molecule is NC(CCCCCCOCCc1ccccc1)Cc1ccc(O)c(NC=O)c1. The summed E-state index contributed by atoms with van der Waals surface area (Å²) in [5.74, 6) is 0.0652. The van der Waals surface area contributed by atoms with E-state index in [0.717, 1.165) is 63.7 Å². The van der Waals surface area contributed by atoms with Gasteiger partial charge < -0.3 is 20.9 Å². The molecule has 0 spiro atoms. The van der Waals surface area contributed by atoms with Crippen LogP contribution in [0.25, 0.3) is 0 Å².